The lowest BCUT2D eigenvalue weighted by atomic mass is 10.0. The Morgan fingerprint density at radius 2 is 1.98 bits per heavy atom. The van der Waals surface area contributed by atoms with Gasteiger partial charge in [0.25, 0.3) is 0 Å². The third-order valence-corrected chi connectivity index (χ3v) is 8.15. The lowest BCUT2D eigenvalue weighted by molar-refractivity contribution is -0.113. The minimum absolute atomic E-state index is 0.0711. The van der Waals surface area contributed by atoms with E-state index >= 15 is 0 Å². The van der Waals surface area contributed by atoms with Crippen molar-refractivity contribution in [1.82, 2.24) is 4.98 Å². The van der Waals surface area contributed by atoms with Crippen LogP contribution in [0.3, 0.4) is 0 Å². The van der Waals surface area contributed by atoms with Crippen LogP contribution in [-0.2, 0) is 16.1 Å². The fraction of sp³-hybridized carbons (Fsp3) is 0.265. The molecule has 1 atom stereocenters. The zero-order chi connectivity index (χ0) is 31.3. The van der Waals surface area contributed by atoms with Gasteiger partial charge in [0.05, 0.1) is 40.7 Å². The van der Waals surface area contributed by atoms with Crippen molar-refractivity contribution in [2.24, 2.45) is 5.73 Å². The third-order valence-electron chi connectivity index (χ3n) is 7.85. The van der Waals surface area contributed by atoms with E-state index in [0.717, 1.165) is 28.6 Å². The number of ether oxygens (including phenoxy) is 3. The van der Waals surface area contributed by atoms with Gasteiger partial charge >= 0.3 is 0 Å². The van der Waals surface area contributed by atoms with Gasteiger partial charge < -0.3 is 30.2 Å². The maximum Gasteiger partial charge on any atom is 0.241 e. The largest absolute Gasteiger partial charge is 0.487 e. The average molecular weight is 628 g/mol. The predicted molar refractivity (Wildman–Crippen MR) is 171 cm³/mol. The Hall–Kier alpha value is -4.85. The van der Waals surface area contributed by atoms with Crippen molar-refractivity contribution in [3.05, 3.63) is 94.4 Å². The van der Waals surface area contributed by atoms with Crippen molar-refractivity contribution in [3.8, 4) is 17.6 Å². The van der Waals surface area contributed by atoms with E-state index in [-0.39, 0.29) is 18.5 Å². The van der Waals surface area contributed by atoms with Gasteiger partial charge in [0.2, 0.25) is 5.91 Å². The Morgan fingerprint density at radius 3 is 2.67 bits per heavy atom. The molecule has 3 N–H and O–H groups in total. The number of nitrogens with zero attached hydrogens (tertiary/aromatic N) is 3. The number of nitriles is 1. The number of nitrogens with one attached hydrogen (secondary N) is 1. The Kier molecular flexibility index (Phi) is 9.01. The smallest absolute Gasteiger partial charge is 0.241 e. The molecule has 11 heteroatoms. The van der Waals surface area contributed by atoms with Crippen molar-refractivity contribution in [1.29, 1.82) is 5.26 Å². The van der Waals surface area contributed by atoms with Crippen LogP contribution in [0.1, 0.15) is 30.4 Å². The first-order valence-electron chi connectivity index (χ1n) is 14.6. The van der Waals surface area contributed by atoms with Crippen LogP contribution in [-0.4, -0.2) is 43.3 Å². The third kappa shape index (κ3) is 7.11. The van der Waals surface area contributed by atoms with Gasteiger partial charge in [0.15, 0.2) is 0 Å². The highest BCUT2D eigenvalue weighted by Crippen LogP contribution is 2.40. The Balaban J connectivity index is 1.31. The van der Waals surface area contributed by atoms with Crippen molar-refractivity contribution in [3.63, 3.8) is 0 Å². The molecule has 0 radical (unpaired) electrons. The monoisotopic (exact) mass is 627 g/mol. The molecule has 1 unspecified atom stereocenters. The predicted octanol–water partition coefficient (Wildman–Crippen LogP) is 6.40. The molecule has 0 aliphatic carbocycles. The number of benzene rings is 3. The maximum atomic E-state index is 13.2. The van der Waals surface area contributed by atoms with Crippen LogP contribution in [0.25, 0.3) is 10.9 Å². The first-order valence-corrected chi connectivity index (χ1v) is 15.0. The highest BCUT2D eigenvalue weighted by atomic mass is 35.5. The summed E-state index contributed by atoms with van der Waals surface area (Å²) < 4.78 is 31.1. The number of hydrogen-bond donors (Lipinski definition) is 2. The molecule has 2 saturated heterocycles. The number of amides is 1. The van der Waals surface area contributed by atoms with E-state index in [9.17, 15) is 14.4 Å². The summed E-state index contributed by atoms with van der Waals surface area (Å²) >= 11 is 6.58. The van der Waals surface area contributed by atoms with Crippen LogP contribution in [0.4, 0.5) is 21.5 Å². The second-order valence-electron chi connectivity index (χ2n) is 11.0. The fourth-order valence-electron chi connectivity index (χ4n) is 5.52. The van der Waals surface area contributed by atoms with Gasteiger partial charge in [0, 0.05) is 48.9 Å². The second-order valence-corrected chi connectivity index (χ2v) is 11.4. The van der Waals surface area contributed by atoms with Gasteiger partial charge in [-0.1, -0.05) is 29.3 Å². The molecule has 0 bridgehead atoms. The van der Waals surface area contributed by atoms with E-state index in [0.29, 0.717) is 78.1 Å². The Bertz CT molecular complexity index is 1790. The number of pyridine rings is 1. The fourth-order valence-corrected chi connectivity index (χ4v) is 5.75. The number of carbonyl (C=O) groups excluding carboxylic acids is 1. The number of hydrogen-bond acceptors (Lipinski definition) is 8. The molecule has 3 aromatic carbocycles. The average Bonchev–Trinajstić information content (AvgIpc) is 3.55. The van der Waals surface area contributed by atoms with Crippen LogP contribution in [0.2, 0.25) is 5.02 Å². The quantitative estimate of drug-likeness (QED) is 0.204. The lowest BCUT2D eigenvalue weighted by Crippen LogP contribution is -2.32. The summed E-state index contributed by atoms with van der Waals surface area (Å²) in [6.45, 7) is 2.74. The van der Waals surface area contributed by atoms with Crippen LogP contribution in [0.15, 0.2) is 72.4 Å². The van der Waals surface area contributed by atoms with E-state index in [2.05, 4.69) is 21.3 Å². The topological polar surface area (TPSA) is 123 Å². The number of primary amides is 1. The molecule has 0 saturated carbocycles. The summed E-state index contributed by atoms with van der Waals surface area (Å²) in [4.78, 5) is 18.2. The van der Waals surface area contributed by atoms with E-state index in [1.54, 1.807) is 24.3 Å². The zero-order valence-corrected chi connectivity index (χ0v) is 25.1. The van der Waals surface area contributed by atoms with Crippen molar-refractivity contribution in [2.75, 3.05) is 36.5 Å². The molecule has 6 rings (SSSR count). The zero-order valence-electron chi connectivity index (χ0n) is 24.4. The molecule has 2 aliphatic rings. The van der Waals surface area contributed by atoms with Crippen molar-refractivity contribution < 1.29 is 23.4 Å². The summed E-state index contributed by atoms with van der Waals surface area (Å²) in [5.41, 5.74) is 10.3. The molecule has 1 aromatic heterocycles. The molecular formula is C34H31ClFN5O4. The highest BCUT2D eigenvalue weighted by Gasteiger charge is 2.24. The number of halogens is 2. The van der Waals surface area contributed by atoms with Crippen LogP contribution in [0.5, 0.6) is 11.5 Å². The van der Waals surface area contributed by atoms with Gasteiger partial charge in [-0.3, -0.25) is 9.78 Å². The molecule has 4 aromatic rings. The highest BCUT2D eigenvalue weighted by molar-refractivity contribution is 6.32. The van der Waals surface area contributed by atoms with E-state index in [4.69, 9.17) is 31.5 Å². The van der Waals surface area contributed by atoms with Crippen LogP contribution in [0, 0.1) is 17.1 Å². The standard InChI is InChI=1S/C34H31ClFN5O4/c35-28-14-25(5-6-31(28)44-19-22-1-3-24(36)4-2-22)40-34-23(17-37)18-39-29-16-32(45-26-9-12-43-20-26)30(15-27(29)34)41-10-7-21(8-11-41)13-33(38)42/h1-6,13-16,18,26H,7-12,19-20H2,(H2,38,42)(H,39,40). The Labute approximate surface area is 265 Å². The van der Waals surface area contributed by atoms with E-state index in [1.807, 2.05) is 18.2 Å². The molecular weight excluding hydrogens is 597 g/mol. The van der Waals surface area contributed by atoms with Crippen LogP contribution < -0.4 is 25.4 Å². The number of piperidine rings is 1. The van der Waals surface area contributed by atoms with Gasteiger partial charge in [-0.2, -0.15) is 5.26 Å². The summed E-state index contributed by atoms with van der Waals surface area (Å²) in [6, 6.07) is 17.5. The molecule has 3 heterocycles. The first kappa shape index (κ1) is 30.2. The summed E-state index contributed by atoms with van der Waals surface area (Å²) in [5.74, 6) is 0.415. The number of fused-ring (bicyclic) bond motifs is 1. The lowest BCUT2D eigenvalue weighted by Gasteiger charge is -2.32. The van der Waals surface area contributed by atoms with Gasteiger partial charge in [-0.15, -0.1) is 0 Å². The molecule has 9 nitrogen and oxygen atoms in total. The number of rotatable bonds is 9. The molecule has 2 fully saturated rings. The molecule has 2 aliphatic heterocycles. The van der Waals surface area contributed by atoms with Crippen molar-refractivity contribution >= 4 is 45.5 Å². The number of aromatic nitrogens is 1. The summed E-state index contributed by atoms with van der Waals surface area (Å²) in [7, 11) is 0. The molecule has 230 valence electrons. The number of carbonyl (C=O) groups is 1. The van der Waals surface area contributed by atoms with Gasteiger partial charge in [-0.25, -0.2) is 4.39 Å². The van der Waals surface area contributed by atoms with Gasteiger partial charge in [0.1, 0.15) is 36.1 Å². The minimum Gasteiger partial charge on any atom is -0.487 e. The Morgan fingerprint density at radius 1 is 1.18 bits per heavy atom. The maximum absolute atomic E-state index is 13.2. The van der Waals surface area contributed by atoms with E-state index in [1.165, 1.54) is 24.4 Å². The SMILES string of the molecule is N#Cc1cnc2cc(OC3CCOC3)c(N3CCC(=CC(N)=O)CC3)cc2c1Nc1ccc(OCc2ccc(F)cc2)c(Cl)c1. The molecule has 1 amide bonds. The molecule has 45 heavy (non-hydrogen) atoms. The van der Waals surface area contributed by atoms with Gasteiger partial charge in [-0.05, 0) is 54.8 Å². The second kappa shape index (κ2) is 13.4. The van der Waals surface area contributed by atoms with Crippen molar-refractivity contribution in [2.45, 2.75) is 32.0 Å². The minimum atomic E-state index is -0.437. The summed E-state index contributed by atoms with van der Waals surface area (Å²) in [5, 5.41) is 14.5. The normalized spacial score (nSPS) is 16.3. The van der Waals surface area contributed by atoms with E-state index < -0.39 is 5.91 Å². The first-order chi connectivity index (χ1) is 21.9. The van der Waals surface area contributed by atoms with Crippen LogP contribution >= 0.6 is 11.6 Å². The molecule has 0 spiro atoms. The number of nitrogens with two attached hydrogens (primary N) is 1. The summed E-state index contributed by atoms with van der Waals surface area (Å²) in [6.07, 6.45) is 5.17. The number of anilines is 3.